The van der Waals surface area contributed by atoms with Crippen molar-refractivity contribution in [2.75, 3.05) is 26.4 Å². The molecule has 3 rings (SSSR count). The second-order valence-electron chi connectivity index (χ2n) is 8.04. The van der Waals surface area contributed by atoms with Crippen molar-refractivity contribution < 1.29 is 23.8 Å². The Morgan fingerprint density at radius 1 is 1.42 bits per heavy atom. The highest BCUT2D eigenvalue weighted by molar-refractivity contribution is 7.84. The number of allylic oxidation sites excluding steroid dienone is 1. The van der Waals surface area contributed by atoms with Gasteiger partial charge in [0.25, 0.3) is 5.91 Å². The second kappa shape index (κ2) is 10.9. The number of aliphatic imine (C=N–C) groups is 1. The summed E-state index contributed by atoms with van der Waals surface area (Å²) in [6, 6.07) is 5.31. The van der Waals surface area contributed by atoms with E-state index in [1.54, 1.807) is 25.3 Å². The number of aliphatic hydroxyl groups excluding tert-OH is 1. The summed E-state index contributed by atoms with van der Waals surface area (Å²) in [4.78, 5) is 18.2. The van der Waals surface area contributed by atoms with Gasteiger partial charge in [-0.2, -0.15) is 5.26 Å². The fraction of sp³-hybridized carbons (Fsp3) is 0.458. The number of thiol groups is 1. The molecule has 0 radical (unpaired) electrons. The number of amides is 1. The van der Waals surface area contributed by atoms with Gasteiger partial charge in [0, 0.05) is 41.5 Å². The minimum atomic E-state index is -0.737. The lowest BCUT2D eigenvalue weighted by molar-refractivity contribution is 0.0125. The smallest absolute Gasteiger partial charge is 0.255 e. The van der Waals surface area contributed by atoms with E-state index in [0.717, 1.165) is 12.1 Å². The number of hydrogen-bond acceptors (Lipinski definition) is 8. The van der Waals surface area contributed by atoms with Gasteiger partial charge in [-0.15, -0.1) is 12.6 Å². The molecule has 0 aliphatic carbocycles. The summed E-state index contributed by atoms with van der Waals surface area (Å²) < 4.78 is 17.0. The first kappa shape index (κ1) is 24.8. The largest absolute Gasteiger partial charge is 0.487 e. The number of aliphatic hydroxyl groups is 1. The minimum absolute atomic E-state index is 0.127. The zero-order valence-electron chi connectivity index (χ0n) is 19.1. The maximum Gasteiger partial charge on any atom is 0.255 e. The van der Waals surface area contributed by atoms with Gasteiger partial charge < -0.3 is 24.3 Å². The zero-order chi connectivity index (χ0) is 24.0. The Morgan fingerprint density at radius 3 is 2.79 bits per heavy atom. The van der Waals surface area contributed by atoms with Crippen molar-refractivity contribution in [3.8, 4) is 11.8 Å². The fourth-order valence-electron chi connectivity index (χ4n) is 3.68. The van der Waals surface area contributed by atoms with Crippen molar-refractivity contribution in [1.82, 2.24) is 5.32 Å². The summed E-state index contributed by atoms with van der Waals surface area (Å²) >= 11 is 4.46. The standard InChI is InChI=1S/C24H29N3O5S/c1-4-7-26-15(2)21(33)13-31-19-11-18-20(10-17(19)12-25)32-16(3)22(18)23(29)27-24(14-28)5-8-30-9-6-24/h7,10-11,28,33H,4-6,8-9,13-14H2,1-3H3,(H,27,29)/b21-15-,26-7-. The quantitative estimate of drug-likeness (QED) is 0.397. The molecule has 33 heavy (non-hydrogen) atoms. The van der Waals surface area contributed by atoms with Crippen LogP contribution in [0.1, 0.15) is 54.8 Å². The Morgan fingerprint density at radius 2 is 2.15 bits per heavy atom. The molecule has 1 aliphatic heterocycles. The van der Waals surface area contributed by atoms with Crippen molar-refractivity contribution in [2.24, 2.45) is 4.99 Å². The molecule has 1 amide bonds. The van der Waals surface area contributed by atoms with Gasteiger partial charge in [0.1, 0.15) is 29.8 Å². The first-order valence-electron chi connectivity index (χ1n) is 10.9. The normalized spacial score (nSPS) is 16.5. The lowest BCUT2D eigenvalue weighted by atomic mass is 9.90. The molecule has 1 aromatic carbocycles. The molecule has 176 valence electrons. The predicted molar refractivity (Wildman–Crippen MR) is 129 cm³/mol. The second-order valence-corrected chi connectivity index (χ2v) is 8.58. The molecule has 2 aromatic rings. The average molecular weight is 472 g/mol. The number of fused-ring (bicyclic) bond motifs is 1. The van der Waals surface area contributed by atoms with Crippen LogP contribution in [-0.4, -0.2) is 49.2 Å². The molecule has 0 unspecified atom stereocenters. The SMILES string of the molecule is CC/C=N\C(C)=C(/S)COc1cc2c(C(=O)NC3(CO)CCOCC3)c(C)oc2cc1C#N. The van der Waals surface area contributed by atoms with Gasteiger partial charge in [-0.1, -0.05) is 6.92 Å². The van der Waals surface area contributed by atoms with Gasteiger partial charge in [0.15, 0.2) is 0 Å². The molecular weight excluding hydrogens is 442 g/mol. The van der Waals surface area contributed by atoms with Crippen LogP contribution in [0.15, 0.2) is 32.1 Å². The fourth-order valence-corrected chi connectivity index (χ4v) is 3.80. The van der Waals surface area contributed by atoms with E-state index >= 15 is 0 Å². The van der Waals surface area contributed by atoms with Gasteiger partial charge in [-0.3, -0.25) is 9.79 Å². The van der Waals surface area contributed by atoms with Crippen LogP contribution in [0.3, 0.4) is 0 Å². The number of carbonyl (C=O) groups is 1. The Hall–Kier alpha value is -2.80. The topological polar surface area (TPSA) is 117 Å². The van der Waals surface area contributed by atoms with E-state index in [4.69, 9.17) is 13.9 Å². The Labute approximate surface area is 198 Å². The maximum atomic E-state index is 13.2. The van der Waals surface area contributed by atoms with E-state index < -0.39 is 5.54 Å². The number of hydrogen-bond donors (Lipinski definition) is 3. The Kier molecular flexibility index (Phi) is 8.19. The summed E-state index contributed by atoms with van der Waals surface area (Å²) in [6.45, 7) is 6.41. The Balaban J connectivity index is 1.93. The van der Waals surface area contributed by atoms with Crippen LogP contribution in [0, 0.1) is 18.3 Å². The number of carbonyl (C=O) groups excluding carboxylic acids is 1. The maximum absolute atomic E-state index is 13.2. The van der Waals surface area contributed by atoms with Gasteiger partial charge in [-0.05, 0) is 39.2 Å². The minimum Gasteiger partial charge on any atom is -0.487 e. The van der Waals surface area contributed by atoms with Crippen molar-refractivity contribution in [3.63, 3.8) is 0 Å². The van der Waals surface area contributed by atoms with E-state index in [0.29, 0.717) is 59.0 Å². The number of benzene rings is 1. The number of nitrogens with one attached hydrogen (secondary N) is 1. The van der Waals surface area contributed by atoms with Crippen LogP contribution in [0.25, 0.3) is 11.0 Å². The summed E-state index contributed by atoms with van der Waals surface area (Å²) in [7, 11) is 0. The predicted octanol–water partition coefficient (Wildman–Crippen LogP) is 3.91. The van der Waals surface area contributed by atoms with Gasteiger partial charge in [0.05, 0.1) is 23.3 Å². The molecule has 0 atom stereocenters. The highest BCUT2D eigenvalue weighted by atomic mass is 32.1. The summed E-state index contributed by atoms with van der Waals surface area (Å²) in [6.07, 6.45) is 3.64. The molecule has 0 spiro atoms. The van der Waals surface area contributed by atoms with Crippen molar-refractivity contribution in [1.29, 1.82) is 5.26 Å². The highest BCUT2D eigenvalue weighted by Gasteiger charge is 2.35. The molecule has 2 heterocycles. The Bertz CT molecular complexity index is 1120. The first-order chi connectivity index (χ1) is 15.8. The highest BCUT2D eigenvalue weighted by Crippen LogP contribution is 2.33. The van der Waals surface area contributed by atoms with Crippen molar-refractivity contribution >= 4 is 35.7 Å². The van der Waals surface area contributed by atoms with Crippen LogP contribution in [-0.2, 0) is 4.74 Å². The van der Waals surface area contributed by atoms with Crippen molar-refractivity contribution in [2.45, 2.75) is 45.6 Å². The number of furan rings is 1. The molecular formula is C24H29N3O5S. The lowest BCUT2D eigenvalue weighted by Gasteiger charge is -2.36. The third kappa shape index (κ3) is 5.58. The van der Waals surface area contributed by atoms with Crippen molar-refractivity contribution in [3.05, 3.63) is 39.6 Å². The van der Waals surface area contributed by atoms with E-state index in [1.165, 1.54) is 0 Å². The molecule has 8 nitrogen and oxygen atoms in total. The van der Waals surface area contributed by atoms with Crippen LogP contribution in [0.4, 0.5) is 0 Å². The number of ether oxygens (including phenoxy) is 2. The molecule has 0 bridgehead atoms. The first-order valence-corrected chi connectivity index (χ1v) is 11.3. The van der Waals surface area contributed by atoms with Crippen LogP contribution < -0.4 is 10.1 Å². The monoisotopic (exact) mass is 471 g/mol. The van der Waals surface area contributed by atoms with E-state index in [2.05, 4.69) is 29.0 Å². The molecule has 1 saturated heterocycles. The zero-order valence-corrected chi connectivity index (χ0v) is 20.0. The lowest BCUT2D eigenvalue weighted by Crippen LogP contribution is -2.54. The molecule has 2 N–H and O–H groups in total. The third-order valence-electron chi connectivity index (χ3n) is 5.69. The number of nitriles is 1. The molecule has 1 aliphatic rings. The van der Waals surface area contributed by atoms with Gasteiger partial charge in [-0.25, -0.2) is 0 Å². The third-order valence-corrected chi connectivity index (χ3v) is 6.15. The summed E-state index contributed by atoms with van der Waals surface area (Å²) in [5, 5.41) is 23.0. The van der Waals surface area contributed by atoms with Gasteiger partial charge >= 0.3 is 0 Å². The van der Waals surface area contributed by atoms with Crippen LogP contribution >= 0.6 is 12.6 Å². The van der Waals surface area contributed by atoms with E-state index in [1.807, 2.05) is 13.8 Å². The average Bonchev–Trinajstić information content (AvgIpc) is 3.15. The number of aryl methyl sites for hydroxylation is 1. The number of rotatable bonds is 8. The van der Waals surface area contributed by atoms with E-state index in [-0.39, 0.29) is 24.7 Å². The van der Waals surface area contributed by atoms with E-state index in [9.17, 15) is 15.2 Å². The van der Waals surface area contributed by atoms with Crippen LogP contribution in [0.5, 0.6) is 5.75 Å². The van der Waals surface area contributed by atoms with Crippen LogP contribution in [0.2, 0.25) is 0 Å². The summed E-state index contributed by atoms with van der Waals surface area (Å²) in [5.74, 6) is 0.391. The number of nitrogens with zero attached hydrogens (tertiary/aromatic N) is 2. The molecule has 1 fully saturated rings. The molecule has 9 heteroatoms. The molecule has 0 saturated carbocycles. The molecule has 1 aromatic heterocycles. The van der Waals surface area contributed by atoms with Gasteiger partial charge in [0.2, 0.25) is 0 Å². The summed E-state index contributed by atoms with van der Waals surface area (Å²) in [5.41, 5.74) is 1.04.